The van der Waals surface area contributed by atoms with E-state index in [0.29, 0.717) is 6.42 Å². The molecule has 1 unspecified atom stereocenters. The summed E-state index contributed by atoms with van der Waals surface area (Å²) in [6, 6.07) is 3.57. The number of carboxylic acid groups (broad SMARTS) is 1. The van der Waals surface area contributed by atoms with Gasteiger partial charge in [-0.1, -0.05) is 0 Å². The second-order valence-electron chi connectivity index (χ2n) is 4.49. The zero-order valence-corrected chi connectivity index (χ0v) is 9.88. The van der Waals surface area contributed by atoms with Gasteiger partial charge < -0.3 is 5.11 Å². The molecule has 0 bridgehead atoms. The van der Waals surface area contributed by atoms with Gasteiger partial charge in [0.05, 0.1) is 0 Å². The number of hydrogen-bond acceptors (Lipinski definition) is 3. The van der Waals surface area contributed by atoms with Crippen molar-refractivity contribution in [3.8, 4) is 0 Å². The van der Waals surface area contributed by atoms with Gasteiger partial charge in [0.25, 0.3) is 0 Å². The predicted molar refractivity (Wildman–Crippen MR) is 64.8 cm³/mol. The monoisotopic (exact) mass is 234 g/mol. The predicted octanol–water partition coefficient (Wildman–Crippen LogP) is 1.56. The quantitative estimate of drug-likeness (QED) is 0.840. The van der Waals surface area contributed by atoms with E-state index in [1.54, 1.807) is 12.4 Å². The van der Waals surface area contributed by atoms with Crippen LogP contribution in [0.15, 0.2) is 24.5 Å². The maximum Gasteiger partial charge on any atom is 0.320 e. The first-order valence-corrected chi connectivity index (χ1v) is 6.13. The lowest BCUT2D eigenvalue weighted by molar-refractivity contribution is -0.143. The number of nitrogens with zero attached hydrogens (tertiary/aromatic N) is 2. The molecule has 2 heterocycles. The number of aromatic nitrogens is 1. The first-order valence-electron chi connectivity index (χ1n) is 6.13. The molecule has 1 aromatic heterocycles. The van der Waals surface area contributed by atoms with Gasteiger partial charge in [-0.2, -0.15) is 0 Å². The van der Waals surface area contributed by atoms with E-state index >= 15 is 0 Å². The van der Waals surface area contributed by atoms with Crippen molar-refractivity contribution in [2.75, 3.05) is 13.1 Å². The molecule has 1 saturated heterocycles. The molecular formula is C13H18N2O2. The lowest BCUT2D eigenvalue weighted by atomic mass is 10.1. The molecule has 0 radical (unpaired) electrons. The van der Waals surface area contributed by atoms with Crippen molar-refractivity contribution < 1.29 is 9.90 Å². The molecule has 0 spiro atoms. The molecule has 0 aliphatic carbocycles. The summed E-state index contributed by atoms with van der Waals surface area (Å²) in [6.07, 6.45) is 7.23. The summed E-state index contributed by atoms with van der Waals surface area (Å²) in [5.74, 6) is -0.694. The third-order valence-electron chi connectivity index (χ3n) is 3.32. The highest BCUT2D eigenvalue weighted by Crippen LogP contribution is 2.16. The molecule has 1 aromatic rings. The number of carboxylic acids is 1. The Morgan fingerprint density at radius 2 is 2.00 bits per heavy atom. The van der Waals surface area contributed by atoms with Crippen LogP contribution < -0.4 is 0 Å². The third kappa shape index (κ3) is 3.27. The molecule has 4 nitrogen and oxygen atoms in total. The van der Waals surface area contributed by atoms with Gasteiger partial charge in [0.1, 0.15) is 6.04 Å². The molecule has 0 aromatic carbocycles. The van der Waals surface area contributed by atoms with E-state index in [1.807, 2.05) is 12.1 Å². The van der Waals surface area contributed by atoms with E-state index < -0.39 is 5.97 Å². The van der Waals surface area contributed by atoms with Gasteiger partial charge in [0.2, 0.25) is 0 Å². The summed E-state index contributed by atoms with van der Waals surface area (Å²) in [5.41, 5.74) is 1.16. The van der Waals surface area contributed by atoms with Crippen LogP contribution in [0.3, 0.4) is 0 Å². The minimum absolute atomic E-state index is 0.328. The van der Waals surface area contributed by atoms with Crippen LogP contribution in [-0.2, 0) is 11.2 Å². The zero-order valence-electron chi connectivity index (χ0n) is 9.88. The molecule has 4 heteroatoms. The largest absolute Gasteiger partial charge is 0.480 e. The van der Waals surface area contributed by atoms with E-state index in [1.165, 1.54) is 0 Å². The minimum atomic E-state index is -0.694. The maximum absolute atomic E-state index is 11.3. The Labute approximate surface area is 101 Å². The zero-order chi connectivity index (χ0) is 12.1. The normalized spacial score (nSPS) is 18.1. The lowest BCUT2D eigenvalue weighted by Gasteiger charge is -2.23. The van der Waals surface area contributed by atoms with Crippen molar-refractivity contribution in [1.29, 1.82) is 0 Å². The second kappa shape index (κ2) is 5.77. The lowest BCUT2D eigenvalue weighted by Crippen LogP contribution is -2.39. The molecule has 0 saturated carbocycles. The number of rotatable bonds is 5. The first kappa shape index (κ1) is 12.0. The highest BCUT2D eigenvalue weighted by atomic mass is 16.4. The third-order valence-corrected chi connectivity index (χ3v) is 3.32. The molecule has 92 valence electrons. The van der Waals surface area contributed by atoms with Gasteiger partial charge in [0, 0.05) is 12.4 Å². The Hall–Kier alpha value is -1.42. The van der Waals surface area contributed by atoms with Gasteiger partial charge in [-0.3, -0.25) is 14.7 Å². The molecule has 0 amide bonds. The van der Waals surface area contributed by atoms with Gasteiger partial charge in [-0.05, 0) is 56.5 Å². The number of aliphatic carboxylic acids is 1. The molecule has 1 N–H and O–H groups in total. The fourth-order valence-electron chi connectivity index (χ4n) is 2.37. The van der Waals surface area contributed by atoms with Crippen LogP contribution in [0.25, 0.3) is 0 Å². The Morgan fingerprint density at radius 3 is 2.59 bits per heavy atom. The van der Waals surface area contributed by atoms with Crippen LogP contribution in [0.2, 0.25) is 0 Å². The average molecular weight is 234 g/mol. The van der Waals surface area contributed by atoms with E-state index in [4.69, 9.17) is 0 Å². The number of aryl methyl sites for hydroxylation is 1. The molecule has 2 rings (SSSR count). The van der Waals surface area contributed by atoms with Crippen LogP contribution in [0.1, 0.15) is 24.8 Å². The molecular weight excluding hydrogens is 216 g/mol. The summed E-state index contributed by atoms with van der Waals surface area (Å²) in [5, 5.41) is 9.26. The number of carbonyl (C=O) groups is 1. The minimum Gasteiger partial charge on any atom is -0.480 e. The fourth-order valence-corrected chi connectivity index (χ4v) is 2.37. The van der Waals surface area contributed by atoms with Crippen LogP contribution in [0.5, 0.6) is 0 Å². The number of pyridine rings is 1. The Morgan fingerprint density at radius 1 is 1.35 bits per heavy atom. The van der Waals surface area contributed by atoms with Gasteiger partial charge in [-0.25, -0.2) is 0 Å². The summed E-state index contributed by atoms with van der Waals surface area (Å²) in [7, 11) is 0. The topological polar surface area (TPSA) is 53.4 Å². The SMILES string of the molecule is O=C(O)C(CCc1ccncc1)N1CCCC1. The van der Waals surface area contributed by atoms with Crippen LogP contribution >= 0.6 is 0 Å². The average Bonchev–Trinajstić information content (AvgIpc) is 2.84. The van der Waals surface area contributed by atoms with E-state index in [0.717, 1.165) is 37.9 Å². The summed E-state index contributed by atoms with van der Waals surface area (Å²) < 4.78 is 0. The first-order chi connectivity index (χ1) is 8.27. The van der Waals surface area contributed by atoms with Crippen molar-refractivity contribution in [1.82, 2.24) is 9.88 Å². The van der Waals surface area contributed by atoms with Crippen LogP contribution in [0, 0.1) is 0 Å². The van der Waals surface area contributed by atoms with Crippen molar-refractivity contribution in [2.45, 2.75) is 31.7 Å². The fraction of sp³-hybridized carbons (Fsp3) is 0.538. The number of likely N-dealkylation sites (tertiary alicyclic amines) is 1. The highest BCUT2D eigenvalue weighted by molar-refractivity contribution is 5.73. The standard InChI is InChI=1S/C13H18N2O2/c16-13(17)12(15-9-1-2-10-15)4-3-11-5-7-14-8-6-11/h5-8,12H,1-4,9-10H2,(H,16,17). The molecule has 1 aliphatic rings. The van der Waals surface area contributed by atoms with E-state index in [9.17, 15) is 9.90 Å². The van der Waals surface area contributed by atoms with Crippen LogP contribution in [-0.4, -0.2) is 40.1 Å². The van der Waals surface area contributed by atoms with E-state index in [2.05, 4.69) is 9.88 Å². The molecule has 1 aliphatic heterocycles. The maximum atomic E-state index is 11.3. The summed E-state index contributed by atoms with van der Waals surface area (Å²) >= 11 is 0. The summed E-state index contributed by atoms with van der Waals surface area (Å²) in [4.78, 5) is 17.3. The van der Waals surface area contributed by atoms with Crippen molar-refractivity contribution >= 4 is 5.97 Å². The smallest absolute Gasteiger partial charge is 0.320 e. The Kier molecular flexibility index (Phi) is 4.09. The number of hydrogen-bond donors (Lipinski definition) is 1. The van der Waals surface area contributed by atoms with E-state index in [-0.39, 0.29) is 6.04 Å². The molecule has 1 fully saturated rings. The van der Waals surface area contributed by atoms with Gasteiger partial charge in [0.15, 0.2) is 0 Å². The highest BCUT2D eigenvalue weighted by Gasteiger charge is 2.27. The molecule has 1 atom stereocenters. The summed E-state index contributed by atoms with van der Waals surface area (Å²) in [6.45, 7) is 1.85. The second-order valence-corrected chi connectivity index (χ2v) is 4.49. The Bertz CT molecular complexity index is 361. The Balaban J connectivity index is 1.92. The van der Waals surface area contributed by atoms with Crippen molar-refractivity contribution in [3.05, 3.63) is 30.1 Å². The van der Waals surface area contributed by atoms with Crippen molar-refractivity contribution in [3.63, 3.8) is 0 Å². The van der Waals surface area contributed by atoms with Crippen molar-refractivity contribution in [2.24, 2.45) is 0 Å². The van der Waals surface area contributed by atoms with Gasteiger partial charge >= 0.3 is 5.97 Å². The molecule has 17 heavy (non-hydrogen) atoms. The van der Waals surface area contributed by atoms with Gasteiger partial charge in [-0.15, -0.1) is 0 Å². The van der Waals surface area contributed by atoms with Crippen LogP contribution in [0.4, 0.5) is 0 Å².